The van der Waals surface area contributed by atoms with Gasteiger partial charge < -0.3 is 9.73 Å². The predicted octanol–water partition coefficient (Wildman–Crippen LogP) is 3.45. The minimum atomic E-state index is -3.61. The molecule has 0 atom stereocenters. The molecule has 6 nitrogen and oxygen atoms in total. The van der Waals surface area contributed by atoms with Crippen molar-refractivity contribution < 1.29 is 17.6 Å². The van der Waals surface area contributed by atoms with E-state index in [1.165, 1.54) is 0 Å². The molecule has 0 aliphatic heterocycles. The molecule has 0 aliphatic rings. The number of hydrogen-bond acceptors (Lipinski definition) is 5. The Morgan fingerprint density at radius 1 is 1.33 bits per heavy atom. The lowest BCUT2D eigenvalue weighted by Crippen LogP contribution is -2.40. The Labute approximate surface area is 169 Å². The van der Waals surface area contributed by atoms with Gasteiger partial charge in [-0.15, -0.1) is 0 Å². The van der Waals surface area contributed by atoms with Crippen molar-refractivity contribution in [3.8, 4) is 0 Å². The van der Waals surface area contributed by atoms with Gasteiger partial charge in [0.25, 0.3) is 0 Å². The van der Waals surface area contributed by atoms with Crippen LogP contribution in [-0.2, 0) is 20.6 Å². The number of amides is 1. The highest BCUT2D eigenvalue weighted by Crippen LogP contribution is 2.24. The van der Waals surface area contributed by atoms with E-state index in [4.69, 9.17) is 16.0 Å². The molecule has 0 aliphatic carbocycles. The van der Waals surface area contributed by atoms with Crippen LogP contribution in [0.4, 0.5) is 5.69 Å². The van der Waals surface area contributed by atoms with Crippen LogP contribution in [0.3, 0.4) is 0 Å². The molecule has 0 saturated carbocycles. The zero-order chi connectivity index (χ0) is 19.9. The maximum absolute atomic E-state index is 12.2. The smallest absolute Gasteiger partial charge is 0.240 e. The highest BCUT2D eigenvalue weighted by molar-refractivity contribution is 7.98. The topological polar surface area (TPSA) is 79.6 Å². The van der Waals surface area contributed by atoms with Crippen LogP contribution in [0, 0.1) is 6.92 Å². The molecule has 0 bridgehead atoms. The third kappa shape index (κ3) is 7.12. The monoisotopic (exact) mass is 430 g/mol. The summed E-state index contributed by atoms with van der Waals surface area (Å²) >= 11 is 7.80. The molecule has 0 saturated heterocycles. The minimum Gasteiger partial charge on any atom is -0.468 e. The van der Waals surface area contributed by atoms with Gasteiger partial charge in [0.15, 0.2) is 0 Å². The predicted molar refractivity (Wildman–Crippen MR) is 111 cm³/mol. The first-order chi connectivity index (χ1) is 12.8. The van der Waals surface area contributed by atoms with E-state index in [1.54, 1.807) is 36.2 Å². The minimum absolute atomic E-state index is 0.280. The fourth-order valence-electron chi connectivity index (χ4n) is 2.29. The maximum Gasteiger partial charge on any atom is 0.240 e. The molecular weight excluding hydrogens is 408 g/mol. The zero-order valence-electron chi connectivity index (χ0n) is 15.3. The van der Waals surface area contributed by atoms with Crippen LogP contribution in [0.2, 0.25) is 5.02 Å². The fourth-order valence-corrected chi connectivity index (χ4v) is 4.17. The number of hydrogen-bond donors (Lipinski definition) is 1. The van der Waals surface area contributed by atoms with Gasteiger partial charge in [-0.1, -0.05) is 17.7 Å². The van der Waals surface area contributed by atoms with Crippen molar-refractivity contribution in [1.29, 1.82) is 0 Å². The number of carbonyl (C=O) groups excluding carboxylic acids is 1. The summed E-state index contributed by atoms with van der Waals surface area (Å²) in [6.45, 7) is 2.03. The van der Waals surface area contributed by atoms with Crippen LogP contribution in [0.25, 0.3) is 0 Å². The molecule has 1 aromatic carbocycles. The number of carbonyl (C=O) groups is 1. The number of nitrogens with one attached hydrogen (secondary N) is 1. The Hall–Kier alpha value is -1.64. The second-order valence-electron chi connectivity index (χ2n) is 6.04. The first kappa shape index (κ1) is 21.7. The number of thioether (sulfide) groups is 1. The van der Waals surface area contributed by atoms with E-state index in [0.717, 1.165) is 39.8 Å². The number of nitrogens with zero attached hydrogens (tertiary/aromatic N) is 1. The molecule has 1 amide bonds. The summed E-state index contributed by atoms with van der Waals surface area (Å²) < 4.78 is 30.5. The molecule has 1 heterocycles. The molecule has 2 aromatic rings. The van der Waals surface area contributed by atoms with Crippen molar-refractivity contribution in [3.05, 3.63) is 52.9 Å². The molecule has 9 heteroatoms. The lowest BCUT2D eigenvalue weighted by molar-refractivity contribution is -0.119. The van der Waals surface area contributed by atoms with E-state index in [9.17, 15) is 13.2 Å². The summed E-state index contributed by atoms with van der Waals surface area (Å²) in [4.78, 5) is 12.2. The highest BCUT2D eigenvalue weighted by atomic mass is 35.5. The van der Waals surface area contributed by atoms with Crippen LogP contribution >= 0.6 is 23.4 Å². The van der Waals surface area contributed by atoms with E-state index in [2.05, 4.69) is 5.32 Å². The van der Waals surface area contributed by atoms with Gasteiger partial charge in [-0.05, 0) is 48.9 Å². The Kier molecular flexibility index (Phi) is 8.07. The second-order valence-corrected chi connectivity index (χ2v) is 9.46. The van der Waals surface area contributed by atoms with Crippen LogP contribution in [-0.4, -0.2) is 39.4 Å². The number of halogens is 1. The Morgan fingerprint density at radius 2 is 2.11 bits per heavy atom. The van der Waals surface area contributed by atoms with E-state index in [0.29, 0.717) is 17.3 Å². The average Bonchev–Trinajstić information content (AvgIpc) is 3.11. The third-order valence-corrected chi connectivity index (χ3v) is 6.36. The normalized spacial score (nSPS) is 11.4. The van der Waals surface area contributed by atoms with Crippen molar-refractivity contribution in [2.45, 2.75) is 19.1 Å². The summed E-state index contributed by atoms with van der Waals surface area (Å²) in [5.74, 6) is 2.22. The van der Waals surface area contributed by atoms with Crippen molar-refractivity contribution in [1.82, 2.24) is 5.32 Å². The van der Waals surface area contributed by atoms with E-state index >= 15 is 0 Å². The van der Waals surface area contributed by atoms with Crippen molar-refractivity contribution in [3.63, 3.8) is 0 Å². The number of sulfonamides is 1. The summed E-state index contributed by atoms with van der Waals surface area (Å²) in [5, 5.41) is 3.21. The van der Waals surface area contributed by atoms with Gasteiger partial charge in [0.05, 0.1) is 24.0 Å². The summed E-state index contributed by atoms with van der Waals surface area (Å²) in [5.41, 5.74) is 1.21. The molecule has 1 N–H and O–H groups in total. The second kappa shape index (κ2) is 10.1. The van der Waals surface area contributed by atoms with Crippen LogP contribution < -0.4 is 9.62 Å². The third-order valence-electron chi connectivity index (χ3n) is 3.74. The van der Waals surface area contributed by atoms with E-state index in [1.807, 2.05) is 19.1 Å². The largest absolute Gasteiger partial charge is 0.468 e. The maximum atomic E-state index is 12.2. The van der Waals surface area contributed by atoms with Crippen molar-refractivity contribution in [2.75, 3.05) is 29.4 Å². The molecule has 0 radical (unpaired) electrons. The standard InChI is InChI=1S/C18H23ClN2O4S2/c1-14-6-7-15(11-17(14)19)21(27(2,23)24)12-18(22)20-8-4-10-26-13-16-5-3-9-25-16/h3,5-7,9,11H,4,8,10,12-13H2,1-2H3,(H,20,22). The van der Waals surface area contributed by atoms with Gasteiger partial charge in [0.1, 0.15) is 12.3 Å². The van der Waals surface area contributed by atoms with Gasteiger partial charge in [-0.3, -0.25) is 9.10 Å². The van der Waals surface area contributed by atoms with Crippen molar-refractivity contribution >= 4 is 45.0 Å². The summed E-state index contributed by atoms with van der Waals surface area (Å²) in [6.07, 6.45) is 3.50. The van der Waals surface area contributed by atoms with Crippen LogP contribution in [0.1, 0.15) is 17.7 Å². The summed E-state index contributed by atoms with van der Waals surface area (Å²) in [7, 11) is -3.61. The lowest BCUT2D eigenvalue weighted by atomic mass is 10.2. The van der Waals surface area contributed by atoms with E-state index in [-0.39, 0.29) is 12.5 Å². The summed E-state index contributed by atoms with van der Waals surface area (Å²) in [6, 6.07) is 8.69. The van der Waals surface area contributed by atoms with Gasteiger partial charge in [0, 0.05) is 11.6 Å². The first-order valence-electron chi connectivity index (χ1n) is 8.38. The Balaban J connectivity index is 1.80. The quantitative estimate of drug-likeness (QED) is 0.584. The number of rotatable bonds is 10. The van der Waals surface area contributed by atoms with Crippen LogP contribution in [0.15, 0.2) is 41.0 Å². The molecule has 0 unspecified atom stereocenters. The van der Waals surface area contributed by atoms with Gasteiger partial charge in [-0.2, -0.15) is 11.8 Å². The zero-order valence-corrected chi connectivity index (χ0v) is 17.7. The number of furan rings is 1. The SMILES string of the molecule is Cc1ccc(N(CC(=O)NCCCSCc2ccco2)S(C)(=O)=O)cc1Cl. The molecule has 2 rings (SSSR count). The fraction of sp³-hybridized carbons (Fsp3) is 0.389. The number of aryl methyl sites for hydroxylation is 1. The first-order valence-corrected chi connectivity index (χ1v) is 11.8. The average molecular weight is 431 g/mol. The molecule has 27 heavy (non-hydrogen) atoms. The Bertz CT molecular complexity index is 854. The number of benzene rings is 1. The van der Waals surface area contributed by atoms with Gasteiger partial charge >= 0.3 is 0 Å². The molecule has 1 aromatic heterocycles. The van der Waals surface area contributed by atoms with Gasteiger partial charge in [0.2, 0.25) is 15.9 Å². The molecule has 0 spiro atoms. The molecular formula is C18H23ClN2O4S2. The van der Waals surface area contributed by atoms with E-state index < -0.39 is 10.0 Å². The Morgan fingerprint density at radius 3 is 2.74 bits per heavy atom. The van der Waals surface area contributed by atoms with Gasteiger partial charge in [-0.25, -0.2) is 8.42 Å². The van der Waals surface area contributed by atoms with Crippen molar-refractivity contribution in [2.24, 2.45) is 0 Å². The lowest BCUT2D eigenvalue weighted by Gasteiger charge is -2.22. The highest BCUT2D eigenvalue weighted by Gasteiger charge is 2.21. The number of anilines is 1. The molecule has 148 valence electrons. The molecule has 0 fully saturated rings. The van der Waals surface area contributed by atoms with Crippen LogP contribution in [0.5, 0.6) is 0 Å².